The molecule has 0 amide bonds. The molecule has 5 nitrogen and oxygen atoms in total. The quantitative estimate of drug-likeness (QED) is 0.226. The van der Waals surface area contributed by atoms with Crippen molar-refractivity contribution in [2.45, 2.75) is 31.9 Å². The fourth-order valence-electron chi connectivity index (χ4n) is 5.13. The van der Waals surface area contributed by atoms with Crippen molar-refractivity contribution < 1.29 is 27.4 Å². The molecule has 39 heavy (non-hydrogen) atoms. The second-order valence-electron chi connectivity index (χ2n) is 10.3. The molecule has 0 bridgehead atoms. The van der Waals surface area contributed by atoms with E-state index in [1.165, 1.54) is 0 Å². The highest BCUT2D eigenvalue weighted by atomic mass is 19.2. The van der Waals surface area contributed by atoms with E-state index in [0.29, 0.717) is 66.8 Å². The Morgan fingerprint density at radius 2 is 1.82 bits per heavy atom. The van der Waals surface area contributed by atoms with Gasteiger partial charge in [0.05, 0.1) is 31.1 Å². The summed E-state index contributed by atoms with van der Waals surface area (Å²) in [4.78, 5) is 8.42. The number of fused-ring (bicyclic) bond motifs is 1. The highest BCUT2D eigenvalue weighted by Gasteiger charge is 2.35. The summed E-state index contributed by atoms with van der Waals surface area (Å²) in [5, 5.41) is 11.0. The first-order valence-electron chi connectivity index (χ1n) is 12.9. The Balaban J connectivity index is 1.42. The Bertz CT molecular complexity index is 1350. The number of piperidine rings is 1. The fourth-order valence-corrected chi connectivity index (χ4v) is 5.13. The number of hydrogen-bond acceptors (Lipinski definition) is 5. The average Bonchev–Trinajstić information content (AvgIpc) is 2.94. The minimum absolute atomic E-state index is 0.0428. The third-order valence-corrected chi connectivity index (χ3v) is 7.59. The number of ether oxygens (including phenoxy) is 1. The second-order valence-corrected chi connectivity index (χ2v) is 10.3. The molecule has 3 aromatic rings. The number of rotatable bonds is 8. The highest BCUT2D eigenvalue weighted by Crippen LogP contribution is 2.42. The molecule has 0 unspecified atom stereocenters. The molecule has 1 aliphatic heterocycles. The SMILES string of the molecule is COc1ccc2ncc(N(C)C)c([C@@H](F)CCC3(CO)CCN(CC#Cc4cc(F)c(F)c(F)c4)CC3)c2c1. The van der Waals surface area contributed by atoms with E-state index in [-0.39, 0.29) is 18.6 Å². The lowest BCUT2D eigenvalue weighted by Crippen LogP contribution is -2.42. The van der Waals surface area contributed by atoms with Gasteiger partial charge in [0, 0.05) is 37.2 Å². The monoisotopic (exact) mass is 543 g/mol. The lowest BCUT2D eigenvalue weighted by Gasteiger charge is -2.40. The maximum Gasteiger partial charge on any atom is 0.194 e. The van der Waals surface area contributed by atoms with Gasteiger partial charge in [0.2, 0.25) is 0 Å². The zero-order chi connectivity index (χ0) is 28.2. The van der Waals surface area contributed by atoms with Crippen LogP contribution in [0.2, 0.25) is 0 Å². The Labute approximate surface area is 226 Å². The van der Waals surface area contributed by atoms with Gasteiger partial charge in [0.25, 0.3) is 0 Å². The minimum Gasteiger partial charge on any atom is -0.497 e. The molecule has 2 heterocycles. The predicted molar refractivity (Wildman–Crippen MR) is 144 cm³/mol. The molecule has 1 atom stereocenters. The zero-order valence-electron chi connectivity index (χ0n) is 22.4. The first-order chi connectivity index (χ1) is 18.7. The number of pyridine rings is 1. The zero-order valence-corrected chi connectivity index (χ0v) is 22.4. The van der Waals surface area contributed by atoms with Crippen LogP contribution in [0.5, 0.6) is 5.75 Å². The Morgan fingerprint density at radius 1 is 1.13 bits per heavy atom. The van der Waals surface area contributed by atoms with Gasteiger partial charge in [-0.05, 0) is 74.5 Å². The standard InChI is InChI=1S/C30H33F4N3O2/c1-36(2)27-18-35-26-7-6-21(39-3)17-22(26)28(27)23(31)8-9-30(19-38)10-13-37(14-11-30)12-4-5-20-15-24(32)29(34)25(33)16-20/h6-7,15-18,23,38H,8-14,19H2,1-3H3/t23-/m0/s1. The smallest absolute Gasteiger partial charge is 0.194 e. The maximum absolute atomic E-state index is 16.0. The van der Waals surface area contributed by atoms with Gasteiger partial charge in [0.1, 0.15) is 11.9 Å². The summed E-state index contributed by atoms with van der Waals surface area (Å²) in [7, 11) is 5.29. The number of aromatic nitrogens is 1. The predicted octanol–water partition coefficient (Wildman–Crippen LogP) is 5.64. The normalized spacial score (nSPS) is 16.0. The third kappa shape index (κ3) is 6.45. The first-order valence-corrected chi connectivity index (χ1v) is 12.9. The number of hydrogen-bond donors (Lipinski definition) is 1. The largest absolute Gasteiger partial charge is 0.497 e. The summed E-state index contributed by atoms with van der Waals surface area (Å²) in [6, 6.07) is 7.18. The van der Waals surface area contributed by atoms with Gasteiger partial charge in [-0.1, -0.05) is 11.8 Å². The molecule has 1 N–H and O–H groups in total. The van der Waals surface area contributed by atoms with Gasteiger partial charge in [-0.3, -0.25) is 9.88 Å². The van der Waals surface area contributed by atoms with Crippen molar-refractivity contribution in [2.75, 3.05) is 52.3 Å². The van der Waals surface area contributed by atoms with Gasteiger partial charge in [0.15, 0.2) is 17.5 Å². The molecule has 1 aliphatic rings. The van der Waals surface area contributed by atoms with Gasteiger partial charge >= 0.3 is 0 Å². The van der Waals surface area contributed by atoms with Crippen molar-refractivity contribution in [3.05, 3.63) is 65.1 Å². The van der Waals surface area contributed by atoms with E-state index in [9.17, 15) is 18.3 Å². The molecule has 0 spiro atoms. The Morgan fingerprint density at radius 3 is 2.44 bits per heavy atom. The summed E-state index contributed by atoms with van der Waals surface area (Å²) in [5.41, 5.74) is 1.63. The number of halogens is 4. The van der Waals surface area contributed by atoms with Crippen molar-refractivity contribution in [1.29, 1.82) is 0 Å². The van der Waals surface area contributed by atoms with Crippen molar-refractivity contribution in [3.63, 3.8) is 0 Å². The molecule has 0 saturated carbocycles. The molecule has 9 heteroatoms. The number of methoxy groups -OCH3 is 1. The summed E-state index contributed by atoms with van der Waals surface area (Å²) >= 11 is 0. The van der Waals surface area contributed by atoms with Crippen LogP contribution >= 0.6 is 0 Å². The number of likely N-dealkylation sites (tertiary alicyclic amines) is 1. The molecule has 1 saturated heterocycles. The summed E-state index contributed by atoms with van der Waals surface area (Å²) < 4.78 is 61.3. The van der Waals surface area contributed by atoms with Crippen molar-refractivity contribution in [3.8, 4) is 17.6 Å². The number of anilines is 1. The number of nitrogens with zero attached hydrogens (tertiary/aromatic N) is 3. The van der Waals surface area contributed by atoms with E-state index in [1.807, 2.05) is 31.1 Å². The van der Waals surface area contributed by atoms with Crippen LogP contribution in [0, 0.1) is 34.7 Å². The van der Waals surface area contributed by atoms with E-state index in [4.69, 9.17) is 4.74 Å². The van der Waals surface area contributed by atoms with Crippen LogP contribution in [0.1, 0.15) is 43.0 Å². The lowest BCUT2D eigenvalue weighted by molar-refractivity contribution is 0.0345. The van der Waals surface area contributed by atoms with E-state index in [2.05, 4.69) is 21.7 Å². The van der Waals surface area contributed by atoms with E-state index in [1.54, 1.807) is 19.4 Å². The number of aliphatic hydroxyl groups excluding tert-OH is 1. The molecule has 0 radical (unpaired) electrons. The molecular formula is C30H33F4N3O2. The molecule has 1 aromatic heterocycles. The number of aliphatic hydroxyl groups is 1. The second kappa shape index (κ2) is 12.2. The molecule has 1 fully saturated rings. The van der Waals surface area contributed by atoms with Crippen LogP contribution in [0.3, 0.4) is 0 Å². The van der Waals surface area contributed by atoms with Crippen LogP contribution < -0.4 is 9.64 Å². The van der Waals surface area contributed by atoms with Crippen LogP contribution in [-0.2, 0) is 0 Å². The van der Waals surface area contributed by atoms with E-state index >= 15 is 4.39 Å². The van der Waals surface area contributed by atoms with Gasteiger partial charge < -0.3 is 14.7 Å². The first kappa shape index (κ1) is 28.7. The topological polar surface area (TPSA) is 48.8 Å². The Hall–Kier alpha value is -3.35. The van der Waals surface area contributed by atoms with Gasteiger partial charge in [-0.2, -0.15) is 0 Å². The van der Waals surface area contributed by atoms with Crippen LogP contribution in [0.15, 0.2) is 36.5 Å². The van der Waals surface area contributed by atoms with Crippen molar-refractivity contribution in [2.24, 2.45) is 5.41 Å². The van der Waals surface area contributed by atoms with E-state index < -0.39 is 29.0 Å². The average molecular weight is 544 g/mol. The molecule has 0 aliphatic carbocycles. The summed E-state index contributed by atoms with van der Waals surface area (Å²) in [5.74, 6) is 2.14. The third-order valence-electron chi connectivity index (χ3n) is 7.59. The fraction of sp³-hybridized carbons (Fsp3) is 0.433. The van der Waals surface area contributed by atoms with Crippen LogP contribution in [-0.4, -0.2) is 62.4 Å². The minimum atomic E-state index is -1.51. The summed E-state index contributed by atoms with van der Waals surface area (Å²) in [6.07, 6.45) is 2.53. The highest BCUT2D eigenvalue weighted by molar-refractivity contribution is 5.88. The van der Waals surface area contributed by atoms with E-state index in [0.717, 1.165) is 12.1 Å². The molecule has 4 rings (SSSR count). The van der Waals surface area contributed by atoms with Crippen LogP contribution in [0.4, 0.5) is 23.2 Å². The van der Waals surface area contributed by atoms with Crippen LogP contribution in [0.25, 0.3) is 10.9 Å². The van der Waals surface area contributed by atoms with Gasteiger partial charge in [-0.25, -0.2) is 17.6 Å². The molecule has 208 valence electrons. The number of benzene rings is 2. The maximum atomic E-state index is 16.0. The number of alkyl halides is 1. The van der Waals surface area contributed by atoms with Gasteiger partial charge in [-0.15, -0.1) is 0 Å². The van der Waals surface area contributed by atoms with Crippen molar-refractivity contribution >= 4 is 16.6 Å². The van der Waals surface area contributed by atoms with Crippen molar-refractivity contribution in [1.82, 2.24) is 9.88 Å². The lowest BCUT2D eigenvalue weighted by atomic mass is 9.74. The summed E-state index contributed by atoms with van der Waals surface area (Å²) in [6.45, 7) is 1.62. The molecular weight excluding hydrogens is 510 g/mol. The molecule has 2 aromatic carbocycles. The Kier molecular flexibility index (Phi) is 8.98.